The lowest BCUT2D eigenvalue weighted by Gasteiger charge is -2.21. The average molecular weight is 324 g/mol. The molecule has 2 aromatic heterocycles. The molecule has 6 heteroatoms. The summed E-state index contributed by atoms with van der Waals surface area (Å²) in [7, 11) is 0. The molecule has 0 unspecified atom stereocenters. The van der Waals surface area contributed by atoms with Crippen molar-refractivity contribution >= 4 is 17.6 Å². The molecule has 5 nitrogen and oxygen atoms in total. The maximum absolute atomic E-state index is 12.7. The molecule has 0 aliphatic rings. The van der Waals surface area contributed by atoms with Crippen molar-refractivity contribution in [1.82, 2.24) is 18.6 Å². The summed E-state index contributed by atoms with van der Waals surface area (Å²) in [6.07, 6.45) is 3.24. The first kappa shape index (κ1) is 15.3. The van der Waals surface area contributed by atoms with Crippen LogP contribution in [0, 0.1) is 6.92 Å². The van der Waals surface area contributed by atoms with Gasteiger partial charge in [0.2, 0.25) is 0 Å². The highest BCUT2D eigenvalue weighted by molar-refractivity contribution is 6.99. The minimum absolute atomic E-state index is 0.133. The molecule has 0 saturated heterocycles. The largest absolute Gasteiger partial charge is 0.327 e. The van der Waals surface area contributed by atoms with E-state index in [4.69, 9.17) is 0 Å². The number of nitrogens with zero attached hydrogens (tertiary/aromatic N) is 4. The summed E-state index contributed by atoms with van der Waals surface area (Å²) < 4.78 is 7.98. The SMILES string of the molecule is Cc1cccc(CN(Cc2ccccn2)C(=O)c2cnsn2)c1. The van der Waals surface area contributed by atoms with E-state index < -0.39 is 0 Å². The molecular formula is C17H16N4OS. The topological polar surface area (TPSA) is 59.0 Å². The zero-order valence-electron chi connectivity index (χ0n) is 12.7. The molecule has 0 atom stereocenters. The molecule has 0 aliphatic carbocycles. The summed E-state index contributed by atoms with van der Waals surface area (Å²) in [5.41, 5.74) is 3.47. The van der Waals surface area contributed by atoms with Gasteiger partial charge in [0.15, 0.2) is 5.69 Å². The quantitative estimate of drug-likeness (QED) is 0.723. The Bertz CT molecular complexity index is 774. The first-order valence-electron chi connectivity index (χ1n) is 7.24. The van der Waals surface area contributed by atoms with Crippen LogP contribution in [0.4, 0.5) is 0 Å². The normalized spacial score (nSPS) is 10.5. The lowest BCUT2D eigenvalue weighted by atomic mass is 10.1. The van der Waals surface area contributed by atoms with Crippen LogP contribution >= 0.6 is 11.7 Å². The summed E-state index contributed by atoms with van der Waals surface area (Å²) >= 11 is 1.04. The van der Waals surface area contributed by atoms with E-state index in [0.29, 0.717) is 18.8 Å². The molecule has 23 heavy (non-hydrogen) atoms. The molecule has 0 fully saturated rings. The number of hydrogen-bond donors (Lipinski definition) is 0. The van der Waals surface area contributed by atoms with Gasteiger partial charge in [-0.1, -0.05) is 35.9 Å². The minimum atomic E-state index is -0.133. The number of amides is 1. The van der Waals surface area contributed by atoms with Gasteiger partial charge >= 0.3 is 0 Å². The molecule has 0 bridgehead atoms. The third-order valence-corrected chi connectivity index (χ3v) is 3.88. The van der Waals surface area contributed by atoms with E-state index in [-0.39, 0.29) is 5.91 Å². The number of rotatable bonds is 5. The van der Waals surface area contributed by atoms with Crippen LogP contribution in [0.25, 0.3) is 0 Å². The molecule has 0 aliphatic heterocycles. The number of hydrogen-bond acceptors (Lipinski definition) is 5. The third kappa shape index (κ3) is 3.98. The second kappa shape index (κ2) is 7.11. The third-order valence-electron chi connectivity index (χ3n) is 3.40. The average Bonchev–Trinajstić information content (AvgIpc) is 3.09. The Hall–Kier alpha value is -2.60. The monoisotopic (exact) mass is 324 g/mol. The van der Waals surface area contributed by atoms with Crippen LogP contribution in [-0.2, 0) is 13.1 Å². The number of carbonyl (C=O) groups is 1. The predicted molar refractivity (Wildman–Crippen MR) is 88.9 cm³/mol. The second-order valence-corrected chi connectivity index (χ2v) is 5.82. The smallest absolute Gasteiger partial charge is 0.275 e. The van der Waals surface area contributed by atoms with Gasteiger partial charge in [0.05, 0.1) is 30.2 Å². The van der Waals surface area contributed by atoms with Crippen LogP contribution in [0.3, 0.4) is 0 Å². The molecule has 3 rings (SSSR count). The van der Waals surface area contributed by atoms with Crippen molar-refractivity contribution in [2.75, 3.05) is 0 Å². The minimum Gasteiger partial charge on any atom is -0.327 e. The van der Waals surface area contributed by atoms with E-state index in [2.05, 4.69) is 19.8 Å². The molecule has 116 valence electrons. The van der Waals surface area contributed by atoms with Gasteiger partial charge in [-0.05, 0) is 24.6 Å². The molecule has 3 aromatic rings. The molecule has 0 saturated carbocycles. The van der Waals surface area contributed by atoms with Gasteiger partial charge < -0.3 is 4.90 Å². The van der Waals surface area contributed by atoms with Gasteiger partial charge in [0, 0.05) is 12.7 Å². The molecule has 1 aromatic carbocycles. The summed E-state index contributed by atoms with van der Waals surface area (Å²) in [5, 5.41) is 0. The molecular weight excluding hydrogens is 308 g/mol. The lowest BCUT2D eigenvalue weighted by molar-refractivity contribution is 0.0723. The van der Waals surface area contributed by atoms with Crippen molar-refractivity contribution in [3.63, 3.8) is 0 Å². The fraction of sp³-hybridized carbons (Fsp3) is 0.176. The zero-order chi connectivity index (χ0) is 16.1. The van der Waals surface area contributed by atoms with Crippen LogP contribution in [-0.4, -0.2) is 24.5 Å². The van der Waals surface area contributed by atoms with E-state index in [1.165, 1.54) is 11.8 Å². The zero-order valence-corrected chi connectivity index (χ0v) is 13.5. The van der Waals surface area contributed by atoms with Crippen molar-refractivity contribution in [2.45, 2.75) is 20.0 Å². The lowest BCUT2D eigenvalue weighted by Crippen LogP contribution is -2.30. The molecule has 0 spiro atoms. The van der Waals surface area contributed by atoms with E-state index in [1.807, 2.05) is 43.3 Å². The maximum atomic E-state index is 12.7. The number of pyridine rings is 1. The fourth-order valence-corrected chi connectivity index (χ4v) is 2.75. The van der Waals surface area contributed by atoms with Gasteiger partial charge in [-0.2, -0.15) is 8.75 Å². The highest BCUT2D eigenvalue weighted by Crippen LogP contribution is 2.13. The Labute approximate surface area is 139 Å². The number of benzene rings is 1. The first-order chi connectivity index (χ1) is 11.2. The van der Waals surface area contributed by atoms with Gasteiger partial charge in [-0.15, -0.1) is 0 Å². The Balaban J connectivity index is 1.85. The summed E-state index contributed by atoms with van der Waals surface area (Å²) in [4.78, 5) is 18.8. The van der Waals surface area contributed by atoms with Crippen LogP contribution in [0.2, 0.25) is 0 Å². The molecule has 0 N–H and O–H groups in total. The molecule has 1 amide bonds. The molecule has 0 radical (unpaired) electrons. The number of carbonyl (C=O) groups excluding carboxylic acids is 1. The van der Waals surface area contributed by atoms with E-state index in [9.17, 15) is 4.79 Å². The Morgan fingerprint density at radius 1 is 1.17 bits per heavy atom. The first-order valence-corrected chi connectivity index (χ1v) is 7.98. The van der Waals surface area contributed by atoms with Gasteiger partial charge in [-0.25, -0.2) is 0 Å². The van der Waals surface area contributed by atoms with Crippen LogP contribution in [0.15, 0.2) is 54.9 Å². The predicted octanol–water partition coefficient (Wildman–Crippen LogP) is 3.08. The number of aromatic nitrogens is 3. The van der Waals surface area contributed by atoms with Crippen LogP contribution in [0.5, 0.6) is 0 Å². The van der Waals surface area contributed by atoms with E-state index in [0.717, 1.165) is 23.0 Å². The van der Waals surface area contributed by atoms with Gasteiger partial charge in [0.25, 0.3) is 5.91 Å². The fourth-order valence-electron chi connectivity index (χ4n) is 2.34. The standard InChI is InChI=1S/C17H16N4OS/c1-13-5-4-6-14(9-13)11-21(12-15-7-2-3-8-18-15)17(22)16-10-19-23-20-16/h2-10H,11-12H2,1H3. The number of aryl methyl sites for hydroxylation is 1. The highest BCUT2D eigenvalue weighted by Gasteiger charge is 2.19. The Morgan fingerprint density at radius 2 is 2.09 bits per heavy atom. The highest BCUT2D eigenvalue weighted by atomic mass is 32.1. The molecule has 2 heterocycles. The second-order valence-electron chi connectivity index (χ2n) is 5.26. The van der Waals surface area contributed by atoms with Crippen molar-refractivity contribution in [3.8, 4) is 0 Å². The van der Waals surface area contributed by atoms with Crippen molar-refractivity contribution in [2.24, 2.45) is 0 Å². The van der Waals surface area contributed by atoms with Crippen LogP contribution < -0.4 is 0 Å². The summed E-state index contributed by atoms with van der Waals surface area (Å²) in [6.45, 7) is 2.98. The van der Waals surface area contributed by atoms with Crippen molar-refractivity contribution < 1.29 is 4.79 Å². The summed E-state index contributed by atoms with van der Waals surface area (Å²) in [5.74, 6) is -0.133. The van der Waals surface area contributed by atoms with E-state index >= 15 is 0 Å². The van der Waals surface area contributed by atoms with Gasteiger partial charge in [-0.3, -0.25) is 9.78 Å². The summed E-state index contributed by atoms with van der Waals surface area (Å²) in [6, 6.07) is 13.8. The Morgan fingerprint density at radius 3 is 2.78 bits per heavy atom. The maximum Gasteiger partial charge on any atom is 0.275 e. The van der Waals surface area contributed by atoms with Crippen molar-refractivity contribution in [3.05, 3.63) is 77.4 Å². The van der Waals surface area contributed by atoms with Crippen LogP contribution in [0.1, 0.15) is 27.3 Å². The van der Waals surface area contributed by atoms with E-state index in [1.54, 1.807) is 11.1 Å². The van der Waals surface area contributed by atoms with Crippen molar-refractivity contribution in [1.29, 1.82) is 0 Å². The van der Waals surface area contributed by atoms with Gasteiger partial charge in [0.1, 0.15) is 0 Å². The Kier molecular flexibility index (Phi) is 4.73.